The minimum absolute atomic E-state index is 0.624. The normalized spacial score (nSPS) is 10.3. The summed E-state index contributed by atoms with van der Waals surface area (Å²) in [4.78, 5) is 0. The van der Waals surface area contributed by atoms with E-state index in [1.807, 2.05) is 24.3 Å². The zero-order valence-corrected chi connectivity index (χ0v) is 9.27. The van der Waals surface area contributed by atoms with E-state index in [1.165, 1.54) is 12.8 Å². The first-order valence-electron chi connectivity index (χ1n) is 5.48. The lowest BCUT2D eigenvalue weighted by molar-refractivity contribution is 0.834. The summed E-state index contributed by atoms with van der Waals surface area (Å²) in [5, 5.41) is 17.3. The van der Waals surface area contributed by atoms with E-state index in [0.29, 0.717) is 5.82 Å². The van der Waals surface area contributed by atoms with Gasteiger partial charge >= 0.3 is 0 Å². The third kappa shape index (κ3) is 2.56. The van der Waals surface area contributed by atoms with Crippen LogP contribution in [0.25, 0.3) is 11.4 Å². The van der Waals surface area contributed by atoms with E-state index in [1.54, 1.807) is 0 Å². The highest BCUT2D eigenvalue weighted by Crippen LogP contribution is 2.18. The average Bonchev–Trinajstić information content (AvgIpc) is 2.83. The van der Waals surface area contributed by atoms with Gasteiger partial charge in [-0.15, -0.1) is 10.2 Å². The molecule has 0 aliphatic rings. The molecule has 5 nitrogen and oxygen atoms in total. The number of hydrogen-bond donors (Lipinski definition) is 2. The Bertz CT molecular complexity index is 424. The zero-order valence-electron chi connectivity index (χ0n) is 9.27. The molecule has 0 atom stereocenters. The number of hydrogen-bond acceptors (Lipinski definition) is 4. The van der Waals surface area contributed by atoms with Crippen molar-refractivity contribution in [1.29, 1.82) is 0 Å². The van der Waals surface area contributed by atoms with Crippen LogP contribution in [0.3, 0.4) is 0 Å². The highest BCUT2D eigenvalue weighted by molar-refractivity contribution is 5.61. The number of nitrogens with one attached hydrogen (secondary N) is 2. The topological polar surface area (TPSA) is 66.5 Å². The summed E-state index contributed by atoms with van der Waals surface area (Å²) in [5.41, 5.74) is 2.06. The maximum Gasteiger partial charge on any atom is 0.204 e. The van der Waals surface area contributed by atoms with Crippen molar-refractivity contribution < 1.29 is 0 Å². The lowest BCUT2D eigenvalue weighted by atomic mass is 10.2. The van der Waals surface area contributed by atoms with Gasteiger partial charge < -0.3 is 5.32 Å². The van der Waals surface area contributed by atoms with Crippen LogP contribution < -0.4 is 5.32 Å². The van der Waals surface area contributed by atoms with Gasteiger partial charge in [0.2, 0.25) is 5.82 Å². The molecule has 0 spiro atoms. The summed E-state index contributed by atoms with van der Waals surface area (Å²) in [5.74, 6) is 0.624. The maximum absolute atomic E-state index is 3.95. The first-order valence-corrected chi connectivity index (χ1v) is 5.48. The average molecular weight is 217 g/mol. The zero-order chi connectivity index (χ0) is 11.2. The van der Waals surface area contributed by atoms with Crippen LogP contribution in [-0.2, 0) is 0 Å². The van der Waals surface area contributed by atoms with Crippen molar-refractivity contribution in [2.75, 3.05) is 11.9 Å². The molecular formula is C11H15N5. The van der Waals surface area contributed by atoms with E-state index >= 15 is 0 Å². The van der Waals surface area contributed by atoms with Crippen LogP contribution in [0.4, 0.5) is 5.69 Å². The van der Waals surface area contributed by atoms with Crippen molar-refractivity contribution >= 4 is 5.69 Å². The largest absolute Gasteiger partial charge is 0.385 e. The predicted octanol–water partition coefficient (Wildman–Crippen LogP) is 2.08. The number of H-pyrrole nitrogens is 1. The molecule has 2 aromatic rings. The van der Waals surface area contributed by atoms with Crippen molar-refractivity contribution in [2.45, 2.75) is 19.8 Å². The lowest BCUT2D eigenvalue weighted by Crippen LogP contribution is -2.00. The Morgan fingerprint density at radius 3 is 3.06 bits per heavy atom. The van der Waals surface area contributed by atoms with E-state index in [-0.39, 0.29) is 0 Å². The molecule has 0 unspecified atom stereocenters. The molecule has 1 aromatic heterocycles. The van der Waals surface area contributed by atoms with Gasteiger partial charge in [0.05, 0.1) is 0 Å². The van der Waals surface area contributed by atoms with Gasteiger partial charge in [0.25, 0.3) is 0 Å². The van der Waals surface area contributed by atoms with Gasteiger partial charge in [-0.1, -0.05) is 25.5 Å². The molecule has 2 N–H and O–H groups in total. The fourth-order valence-electron chi connectivity index (χ4n) is 1.46. The molecule has 0 bridgehead atoms. The van der Waals surface area contributed by atoms with E-state index in [4.69, 9.17) is 0 Å². The number of tetrazole rings is 1. The smallest absolute Gasteiger partial charge is 0.204 e. The number of rotatable bonds is 5. The number of benzene rings is 1. The van der Waals surface area contributed by atoms with Gasteiger partial charge in [0.1, 0.15) is 0 Å². The van der Waals surface area contributed by atoms with Crippen molar-refractivity contribution in [3.8, 4) is 11.4 Å². The number of anilines is 1. The molecule has 16 heavy (non-hydrogen) atoms. The third-order valence-electron chi connectivity index (χ3n) is 2.33. The van der Waals surface area contributed by atoms with Crippen LogP contribution in [0.2, 0.25) is 0 Å². The number of nitrogens with zero attached hydrogens (tertiary/aromatic N) is 3. The van der Waals surface area contributed by atoms with Crippen LogP contribution >= 0.6 is 0 Å². The monoisotopic (exact) mass is 217 g/mol. The Kier molecular flexibility index (Phi) is 3.48. The van der Waals surface area contributed by atoms with Gasteiger partial charge in [-0.2, -0.15) is 5.21 Å². The van der Waals surface area contributed by atoms with E-state index in [0.717, 1.165) is 17.8 Å². The highest BCUT2D eigenvalue weighted by Gasteiger charge is 2.02. The summed E-state index contributed by atoms with van der Waals surface area (Å²) >= 11 is 0. The Morgan fingerprint density at radius 1 is 1.38 bits per heavy atom. The van der Waals surface area contributed by atoms with Crippen LogP contribution in [-0.4, -0.2) is 27.2 Å². The van der Waals surface area contributed by atoms with E-state index in [9.17, 15) is 0 Å². The van der Waals surface area contributed by atoms with Gasteiger partial charge in [0, 0.05) is 17.8 Å². The van der Waals surface area contributed by atoms with Crippen molar-refractivity contribution in [1.82, 2.24) is 20.6 Å². The molecule has 84 valence electrons. The Morgan fingerprint density at radius 2 is 2.31 bits per heavy atom. The minimum Gasteiger partial charge on any atom is -0.385 e. The molecule has 0 fully saturated rings. The van der Waals surface area contributed by atoms with Crippen molar-refractivity contribution in [3.63, 3.8) is 0 Å². The summed E-state index contributed by atoms with van der Waals surface area (Å²) in [6, 6.07) is 8.02. The second kappa shape index (κ2) is 5.25. The summed E-state index contributed by atoms with van der Waals surface area (Å²) in [6.07, 6.45) is 2.37. The summed E-state index contributed by atoms with van der Waals surface area (Å²) in [6.45, 7) is 3.17. The quantitative estimate of drug-likeness (QED) is 0.752. The fourth-order valence-corrected chi connectivity index (χ4v) is 1.46. The van der Waals surface area contributed by atoms with E-state index < -0.39 is 0 Å². The molecule has 1 heterocycles. The second-order valence-electron chi connectivity index (χ2n) is 3.60. The Balaban J connectivity index is 2.08. The lowest BCUT2D eigenvalue weighted by Gasteiger charge is -2.05. The molecule has 0 radical (unpaired) electrons. The maximum atomic E-state index is 3.95. The number of aromatic amines is 1. The summed E-state index contributed by atoms with van der Waals surface area (Å²) in [7, 11) is 0. The van der Waals surface area contributed by atoms with Gasteiger partial charge in [-0.3, -0.25) is 0 Å². The van der Waals surface area contributed by atoms with Crippen LogP contribution in [0, 0.1) is 0 Å². The van der Waals surface area contributed by atoms with Crippen LogP contribution in [0.15, 0.2) is 24.3 Å². The van der Waals surface area contributed by atoms with Crippen molar-refractivity contribution in [3.05, 3.63) is 24.3 Å². The highest BCUT2D eigenvalue weighted by atomic mass is 15.5. The molecule has 0 amide bonds. The molecule has 0 saturated heterocycles. The molecule has 0 aliphatic heterocycles. The molecule has 0 saturated carbocycles. The molecule has 5 heteroatoms. The SMILES string of the molecule is CCCCNc1cccc(-c2nn[nH]n2)c1. The van der Waals surface area contributed by atoms with E-state index in [2.05, 4.69) is 32.9 Å². The second-order valence-corrected chi connectivity index (χ2v) is 3.60. The molecule has 2 rings (SSSR count). The summed E-state index contributed by atoms with van der Waals surface area (Å²) < 4.78 is 0. The number of aromatic nitrogens is 4. The molecular weight excluding hydrogens is 202 g/mol. The first-order chi connectivity index (χ1) is 7.90. The van der Waals surface area contributed by atoms with Gasteiger partial charge in [-0.05, 0) is 23.8 Å². The Hall–Kier alpha value is -1.91. The number of unbranched alkanes of at least 4 members (excludes halogenated alkanes) is 1. The van der Waals surface area contributed by atoms with Crippen LogP contribution in [0.1, 0.15) is 19.8 Å². The predicted molar refractivity (Wildman–Crippen MR) is 63.0 cm³/mol. The van der Waals surface area contributed by atoms with Gasteiger partial charge in [-0.25, -0.2) is 0 Å². The Labute approximate surface area is 94.3 Å². The molecule has 1 aromatic carbocycles. The first kappa shape index (κ1) is 10.6. The van der Waals surface area contributed by atoms with Crippen LogP contribution in [0.5, 0.6) is 0 Å². The van der Waals surface area contributed by atoms with Crippen molar-refractivity contribution in [2.24, 2.45) is 0 Å². The molecule has 0 aliphatic carbocycles. The van der Waals surface area contributed by atoms with Gasteiger partial charge in [0.15, 0.2) is 0 Å². The fraction of sp³-hybridized carbons (Fsp3) is 0.364. The third-order valence-corrected chi connectivity index (χ3v) is 2.33. The standard InChI is InChI=1S/C11H15N5/c1-2-3-7-12-10-6-4-5-9(8-10)11-13-15-16-14-11/h4-6,8,12H,2-3,7H2,1H3,(H,13,14,15,16). The minimum atomic E-state index is 0.624.